The van der Waals surface area contributed by atoms with Crippen LogP contribution in [0.5, 0.6) is 11.8 Å². The molecule has 1 amide bonds. The van der Waals surface area contributed by atoms with Crippen LogP contribution >= 0.6 is 0 Å². The Kier molecular flexibility index (Phi) is 9.36. The molecule has 47 heavy (non-hydrogen) atoms. The summed E-state index contributed by atoms with van der Waals surface area (Å²) in [6.45, 7) is 8.75. The molecule has 2 saturated heterocycles. The Hall–Kier alpha value is -4.26. The standard InChI is InChI=1S/C34H42F2N6O5/c1-34(2,3)31(43)47-24-17-22-7-4-5-9-25(22)28(18-24)42-12-10-26-27(19-42)37-32(46-21-23-8-6-11-41(23)20-29(35)36)38-30(26)39-13-15-40(16-14-39)33(44)45/h4-5,7,9,17-18,23,29H,6,8,10-16,19-21H2,1-3H3,(H,44,45)/t23-/m0/s1. The van der Waals surface area contributed by atoms with Gasteiger partial charge in [0.2, 0.25) is 0 Å². The molecule has 252 valence electrons. The van der Waals surface area contributed by atoms with Crippen LogP contribution < -0.4 is 19.3 Å². The summed E-state index contributed by atoms with van der Waals surface area (Å²) < 4.78 is 38.3. The Balaban J connectivity index is 1.31. The second-order valence-electron chi connectivity index (χ2n) is 13.5. The van der Waals surface area contributed by atoms with Gasteiger partial charge in [-0.1, -0.05) is 24.3 Å². The number of rotatable bonds is 8. The second kappa shape index (κ2) is 13.5. The van der Waals surface area contributed by atoms with Crippen LogP contribution in [-0.4, -0.2) is 102 Å². The third-order valence-corrected chi connectivity index (χ3v) is 9.13. The van der Waals surface area contributed by atoms with E-state index < -0.39 is 17.9 Å². The molecular weight excluding hydrogens is 610 g/mol. The molecular formula is C34H42F2N6O5. The van der Waals surface area contributed by atoms with Gasteiger partial charge < -0.3 is 29.3 Å². The van der Waals surface area contributed by atoms with Crippen LogP contribution in [0.15, 0.2) is 36.4 Å². The van der Waals surface area contributed by atoms with Crippen molar-refractivity contribution in [2.45, 2.75) is 59.0 Å². The van der Waals surface area contributed by atoms with E-state index in [4.69, 9.17) is 19.4 Å². The summed E-state index contributed by atoms with van der Waals surface area (Å²) in [4.78, 5) is 41.5. The molecule has 2 fully saturated rings. The number of piperazine rings is 1. The maximum Gasteiger partial charge on any atom is 0.407 e. The highest BCUT2D eigenvalue weighted by atomic mass is 19.3. The molecule has 0 radical (unpaired) electrons. The summed E-state index contributed by atoms with van der Waals surface area (Å²) in [5.41, 5.74) is 2.02. The molecule has 3 aliphatic rings. The summed E-state index contributed by atoms with van der Waals surface area (Å²) in [5.74, 6) is 0.876. The highest BCUT2D eigenvalue weighted by molar-refractivity contribution is 5.96. The molecule has 3 aromatic rings. The zero-order valence-electron chi connectivity index (χ0n) is 27.1. The van der Waals surface area contributed by atoms with Crippen molar-refractivity contribution in [3.05, 3.63) is 47.7 Å². The fraction of sp³-hybridized carbons (Fsp3) is 0.529. The number of carboxylic acid groups (broad SMARTS) is 1. The number of benzene rings is 2. The number of hydrogen-bond donors (Lipinski definition) is 1. The molecule has 6 rings (SSSR count). The maximum atomic E-state index is 13.2. The second-order valence-corrected chi connectivity index (χ2v) is 13.5. The number of ether oxygens (including phenoxy) is 2. The average molecular weight is 653 g/mol. The van der Waals surface area contributed by atoms with Gasteiger partial charge in [0.15, 0.2) is 0 Å². The van der Waals surface area contributed by atoms with E-state index in [9.17, 15) is 23.5 Å². The van der Waals surface area contributed by atoms with Crippen molar-refractivity contribution in [1.29, 1.82) is 0 Å². The number of fused-ring (bicyclic) bond motifs is 2. The lowest BCUT2D eigenvalue weighted by molar-refractivity contribution is -0.142. The van der Waals surface area contributed by atoms with Gasteiger partial charge in [0.25, 0.3) is 6.43 Å². The predicted molar refractivity (Wildman–Crippen MR) is 174 cm³/mol. The molecule has 1 atom stereocenters. The van der Waals surface area contributed by atoms with Gasteiger partial charge in [0, 0.05) is 61.5 Å². The number of alkyl halides is 2. The first kappa shape index (κ1) is 32.7. The van der Waals surface area contributed by atoms with Crippen molar-refractivity contribution >= 4 is 34.3 Å². The van der Waals surface area contributed by atoms with Gasteiger partial charge in [-0.3, -0.25) is 9.69 Å². The van der Waals surface area contributed by atoms with E-state index in [1.54, 1.807) is 4.90 Å². The largest absolute Gasteiger partial charge is 0.465 e. The molecule has 0 unspecified atom stereocenters. The smallest absolute Gasteiger partial charge is 0.407 e. The molecule has 4 heterocycles. The number of carbonyl (C=O) groups is 2. The van der Waals surface area contributed by atoms with Gasteiger partial charge in [0.05, 0.1) is 24.2 Å². The van der Waals surface area contributed by atoms with Crippen molar-refractivity contribution in [3.63, 3.8) is 0 Å². The number of anilines is 2. The first-order valence-electron chi connectivity index (χ1n) is 16.2. The Bertz CT molecular complexity index is 1620. The number of nitrogens with zero attached hydrogens (tertiary/aromatic N) is 6. The number of esters is 1. The maximum absolute atomic E-state index is 13.2. The minimum Gasteiger partial charge on any atom is -0.465 e. The zero-order valence-corrected chi connectivity index (χ0v) is 27.1. The van der Waals surface area contributed by atoms with Crippen LogP contribution in [0.4, 0.5) is 25.1 Å². The van der Waals surface area contributed by atoms with E-state index in [0.717, 1.165) is 46.4 Å². The zero-order chi connectivity index (χ0) is 33.3. The summed E-state index contributed by atoms with van der Waals surface area (Å²) >= 11 is 0. The number of amides is 1. The van der Waals surface area contributed by atoms with E-state index in [0.29, 0.717) is 58.0 Å². The molecule has 2 aromatic carbocycles. The van der Waals surface area contributed by atoms with Crippen molar-refractivity contribution in [2.75, 3.05) is 62.2 Å². The number of hydrogen-bond acceptors (Lipinski definition) is 9. The van der Waals surface area contributed by atoms with E-state index >= 15 is 0 Å². The Labute approximate surface area is 273 Å². The minimum absolute atomic E-state index is 0.146. The fourth-order valence-electron chi connectivity index (χ4n) is 6.55. The van der Waals surface area contributed by atoms with Crippen LogP contribution in [0.25, 0.3) is 10.8 Å². The van der Waals surface area contributed by atoms with E-state index in [-0.39, 0.29) is 31.2 Å². The van der Waals surface area contributed by atoms with E-state index in [1.165, 1.54) is 4.90 Å². The first-order valence-corrected chi connectivity index (χ1v) is 16.2. The normalized spacial score (nSPS) is 18.9. The van der Waals surface area contributed by atoms with Gasteiger partial charge in [-0.25, -0.2) is 13.6 Å². The highest BCUT2D eigenvalue weighted by Crippen LogP contribution is 2.37. The number of likely N-dealkylation sites (tertiary alicyclic amines) is 1. The number of halogens is 2. The SMILES string of the molecule is CC(C)(C)C(=O)Oc1cc(N2CCc3c(nc(OC[C@@H]4CCCN4CC(F)F)nc3N3CCN(C(=O)O)CC3)C2)c2ccccc2c1. The van der Waals surface area contributed by atoms with Gasteiger partial charge in [-0.15, -0.1) is 0 Å². The summed E-state index contributed by atoms with van der Waals surface area (Å²) in [7, 11) is 0. The Morgan fingerprint density at radius 3 is 2.51 bits per heavy atom. The fourth-order valence-corrected chi connectivity index (χ4v) is 6.55. The van der Waals surface area contributed by atoms with Gasteiger partial charge in [0.1, 0.15) is 18.2 Å². The van der Waals surface area contributed by atoms with Crippen molar-refractivity contribution in [2.24, 2.45) is 5.41 Å². The molecule has 0 saturated carbocycles. The summed E-state index contributed by atoms with van der Waals surface area (Å²) in [5, 5.41) is 11.4. The topological polar surface area (TPSA) is 112 Å². The molecule has 0 aliphatic carbocycles. The van der Waals surface area contributed by atoms with Gasteiger partial charge in [-0.2, -0.15) is 9.97 Å². The third-order valence-electron chi connectivity index (χ3n) is 9.13. The minimum atomic E-state index is -2.41. The van der Waals surface area contributed by atoms with Crippen molar-refractivity contribution in [1.82, 2.24) is 19.8 Å². The lowest BCUT2D eigenvalue weighted by Crippen LogP contribution is -2.49. The van der Waals surface area contributed by atoms with E-state index in [1.807, 2.05) is 57.2 Å². The molecule has 3 aliphatic heterocycles. The Morgan fingerprint density at radius 1 is 1.02 bits per heavy atom. The first-order chi connectivity index (χ1) is 22.5. The van der Waals surface area contributed by atoms with E-state index in [2.05, 4.69) is 9.80 Å². The van der Waals surface area contributed by atoms with Crippen LogP contribution in [-0.2, 0) is 17.8 Å². The molecule has 0 spiro atoms. The van der Waals surface area contributed by atoms with Crippen LogP contribution in [0.2, 0.25) is 0 Å². The Morgan fingerprint density at radius 2 is 1.79 bits per heavy atom. The van der Waals surface area contributed by atoms with Crippen LogP contribution in [0.3, 0.4) is 0 Å². The average Bonchev–Trinajstić information content (AvgIpc) is 3.48. The molecule has 13 heteroatoms. The molecule has 1 N–H and O–H groups in total. The summed E-state index contributed by atoms with van der Waals surface area (Å²) in [6, 6.07) is 11.8. The number of carbonyl (C=O) groups excluding carboxylic acids is 1. The van der Waals surface area contributed by atoms with Crippen LogP contribution in [0.1, 0.15) is 44.9 Å². The van der Waals surface area contributed by atoms with Crippen molar-refractivity contribution in [3.8, 4) is 11.8 Å². The predicted octanol–water partition coefficient (Wildman–Crippen LogP) is 5.05. The molecule has 0 bridgehead atoms. The monoisotopic (exact) mass is 652 g/mol. The quantitative estimate of drug-likeness (QED) is 0.262. The number of aromatic nitrogens is 2. The molecule has 11 nitrogen and oxygen atoms in total. The highest BCUT2D eigenvalue weighted by Gasteiger charge is 2.32. The lowest BCUT2D eigenvalue weighted by atomic mass is 9.97. The summed E-state index contributed by atoms with van der Waals surface area (Å²) in [6.07, 6.45) is -1.13. The van der Waals surface area contributed by atoms with Crippen LogP contribution in [0, 0.1) is 5.41 Å². The van der Waals surface area contributed by atoms with Crippen molar-refractivity contribution < 1.29 is 33.0 Å². The lowest BCUT2D eigenvalue weighted by Gasteiger charge is -2.37. The van der Waals surface area contributed by atoms with Gasteiger partial charge in [-0.05, 0) is 58.0 Å². The molecule has 1 aromatic heterocycles. The van der Waals surface area contributed by atoms with Gasteiger partial charge >= 0.3 is 18.1 Å². The third kappa shape index (κ3) is 7.34.